The van der Waals surface area contributed by atoms with Gasteiger partial charge in [-0.3, -0.25) is 0 Å². The summed E-state index contributed by atoms with van der Waals surface area (Å²) >= 11 is 6.04. The highest BCUT2D eigenvalue weighted by Gasteiger charge is 2.43. The van der Waals surface area contributed by atoms with E-state index in [1.807, 2.05) is 0 Å². The largest absolute Gasteiger partial charge is 0.495 e. The molecule has 3 atom stereocenters. The van der Waals surface area contributed by atoms with Crippen LogP contribution in [0.4, 0.5) is 0 Å². The van der Waals surface area contributed by atoms with E-state index in [4.69, 9.17) is 22.1 Å². The molecule has 116 valence electrons. The smallest absolute Gasteiger partial charge is 0.243 e. The molecule has 1 saturated heterocycles. The number of rotatable bonds is 3. The summed E-state index contributed by atoms with van der Waals surface area (Å²) in [7, 11) is -2.02. The quantitative estimate of drug-likeness (QED) is 0.915. The predicted molar refractivity (Wildman–Crippen MR) is 81.0 cm³/mol. The first-order valence-corrected chi connectivity index (χ1v) is 8.84. The van der Waals surface area contributed by atoms with E-state index in [1.54, 1.807) is 10.4 Å². The van der Waals surface area contributed by atoms with Gasteiger partial charge in [-0.15, -0.1) is 0 Å². The van der Waals surface area contributed by atoms with Crippen molar-refractivity contribution in [3.63, 3.8) is 0 Å². The third kappa shape index (κ3) is 2.54. The molecule has 0 aromatic heterocycles. The normalized spacial score (nSPS) is 29.6. The van der Waals surface area contributed by atoms with Crippen molar-refractivity contribution >= 4 is 21.6 Å². The summed E-state index contributed by atoms with van der Waals surface area (Å²) in [6.07, 6.45) is 2.03. The Kier molecular flexibility index (Phi) is 3.90. The molecule has 3 rings (SSSR count). The minimum atomic E-state index is -3.52. The fourth-order valence-corrected chi connectivity index (χ4v) is 5.28. The predicted octanol–water partition coefficient (Wildman–Crippen LogP) is 1.71. The maximum absolute atomic E-state index is 12.8. The summed E-state index contributed by atoms with van der Waals surface area (Å²) in [6.45, 7) is 1.01. The molecule has 1 aliphatic carbocycles. The topological polar surface area (TPSA) is 72.6 Å². The first kappa shape index (κ1) is 15.1. The number of hydrogen-bond donors (Lipinski definition) is 1. The van der Waals surface area contributed by atoms with Crippen LogP contribution in [0.1, 0.15) is 12.8 Å². The standard InChI is InChI=1S/C14H19ClN2O3S/c1-20-13-5-4-11(6-12(13)15)21(18,19)17-7-9-2-3-10(8-17)14(9)16/h4-6,9-10,14H,2-3,7-8,16H2,1H3/t9-,10+,14?. The minimum absolute atomic E-state index is 0.135. The van der Waals surface area contributed by atoms with Gasteiger partial charge in [0.1, 0.15) is 5.75 Å². The Hall–Kier alpha value is -0.820. The Morgan fingerprint density at radius 1 is 1.29 bits per heavy atom. The fourth-order valence-electron chi connectivity index (χ4n) is 3.37. The van der Waals surface area contributed by atoms with Crippen LogP contribution < -0.4 is 10.5 Å². The number of nitrogens with two attached hydrogens (primary N) is 1. The SMILES string of the molecule is COc1ccc(S(=O)(=O)N2C[C@H]3CC[C@@H](C2)C3N)cc1Cl. The van der Waals surface area contributed by atoms with Gasteiger partial charge in [-0.1, -0.05) is 11.6 Å². The Morgan fingerprint density at radius 2 is 1.90 bits per heavy atom. The van der Waals surface area contributed by atoms with Crippen molar-refractivity contribution in [2.75, 3.05) is 20.2 Å². The number of hydrogen-bond acceptors (Lipinski definition) is 4. The zero-order valence-corrected chi connectivity index (χ0v) is 13.4. The van der Waals surface area contributed by atoms with Gasteiger partial charge >= 0.3 is 0 Å². The summed E-state index contributed by atoms with van der Waals surface area (Å²) < 4.78 is 32.1. The van der Waals surface area contributed by atoms with Gasteiger partial charge in [-0.25, -0.2) is 8.42 Å². The third-order valence-corrected chi connectivity index (χ3v) is 6.76. The van der Waals surface area contributed by atoms with Crippen molar-refractivity contribution in [2.45, 2.75) is 23.8 Å². The lowest BCUT2D eigenvalue weighted by Crippen LogP contribution is -2.50. The number of benzene rings is 1. The van der Waals surface area contributed by atoms with Gasteiger partial charge in [-0.05, 0) is 42.9 Å². The molecular weight excluding hydrogens is 312 g/mol. The van der Waals surface area contributed by atoms with Gasteiger partial charge in [0, 0.05) is 19.1 Å². The summed E-state index contributed by atoms with van der Waals surface area (Å²) in [5.74, 6) is 1.01. The Balaban J connectivity index is 1.89. The van der Waals surface area contributed by atoms with Gasteiger partial charge in [0.25, 0.3) is 0 Å². The van der Waals surface area contributed by atoms with Crippen molar-refractivity contribution in [3.8, 4) is 5.75 Å². The highest BCUT2D eigenvalue weighted by molar-refractivity contribution is 7.89. The molecule has 2 bridgehead atoms. The van der Waals surface area contributed by atoms with Crippen LogP contribution in [0.15, 0.2) is 23.1 Å². The molecule has 7 heteroatoms. The molecule has 0 radical (unpaired) electrons. The number of halogens is 1. The number of piperidine rings is 1. The monoisotopic (exact) mass is 330 g/mol. The van der Waals surface area contributed by atoms with Crippen LogP contribution in [-0.2, 0) is 10.0 Å². The maximum Gasteiger partial charge on any atom is 0.243 e. The second-order valence-corrected chi connectivity index (χ2v) is 8.14. The van der Waals surface area contributed by atoms with Crippen molar-refractivity contribution in [1.82, 2.24) is 4.31 Å². The van der Waals surface area contributed by atoms with Crippen LogP contribution in [0.2, 0.25) is 5.02 Å². The second-order valence-electron chi connectivity index (χ2n) is 5.79. The third-order valence-electron chi connectivity index (χ3n) is 4.63. The van der Waals surface area contributed by atoms with Gasteiger partial charge in [0.05, 0.1) is 17.0 Å². The molecule has 1 aromatic rings. The lowest BCUT2D eigenvalue weighted by atomic mass is 9.95. The van der Waals surface area contributed by atoms with Gasteiger partial charge in [-0.2, -0.15) is 4.31 Å². The van der Waals surface area contributed by atoms with Gasteiger partial charge in [0.15, 0.2) is 0 Å². The van der Waals surface area contributed by atoms with Crippen LogP contribution in [0.3, 0.4) is 0 Å². The van der Waals surface area contributed by atoms with Crippen LogP contribution in [0.25, 0.3) is 0 Å². The summed E-state index contributed by atoms with van der Waals surface area (Å²) in [6, 6.07) is 4.71. The van der Waals surface area contributed by atoms with Crippen LogP contribution in [0, 0.1) is 11.8 Å². The Morgan fingerprint density at radius 3 is 2.43 bits per heavy atom. The molecule has 2 aliphatic rings. The van der Waals surface area contributed by atoms with Crippen molar-refractivity contribution < 1.29 is 13.2 Å². The van der Waals surface area contributed by atoms with E-state index in [0.29, 0.717) is 23.9 Å². The first-order chi connectivity index (χ1) is 9.93. The van der Waals surface area contributed by atoms with Crippen LogP contribution in [-0.4, -0.2) is 39.0 Å². The molecule has 1 saturated carbocycles. The Bertz CT molecular complexity index is 636. The van der Waals surface area contributed by atoms with E-state index >= 15 is 0 Å². The molecule has 2 fully saturated rings. The number of nitrogens with zero attached hydrogens (tertiary/aromatic N) is 1. The summed E-state index contributed by atoms with van der Waals surface area (Å²) in [5.41, 5.74) is 6.13. The van der Waals surface area contributed by atoms with Crippen LogP contribution >= 0.6 is 11.6 Å². The van der Waals surface area contributed by atoms with Crippen molar-refractivity contribution in [2.24, 2.45) is 17.6 Å². The van der Waals surface area contributed by atoms with E-state index in [-0.39, 0.29) is 22.8 Å². The van der Waals surface area contributed by atoms with E-state index in [2.05, 4.69) is 0 Å². The molecule has 21 heavy (non-hydrogen) atoms. The molecule has 1 aromatic carbocycles. The number of methoxy groups -OCH3 is 1. The zero-order chi connectivity index (χ0) is 15.2. The van der Waals surface area contributed by atoms with E-state index < -0.39 is 10.0 Å². The van der Waals surface area contributed by atoms with Gasteiger partial charge < -0.3 is 10.5 Å². The van der Waals surface area contributed by atoms with Gasteiger partial charge in [0.2, 0.25) is 10.0 Å². The van der Waals surface area contributed by atoms with E-state index in [0.717, 1.165) is 12.8 Å². The van der Waals surface area contributed by atoms with Crippen molar-refractivity contribution in [1.29, 1.82) is 0 Å². The zero-order valence-electron chi connectivity index (χ0n) is 11.8. The molecular formula is C14H19ClN2O3S. The van der Waals surface area contributed by atoms with Crippen molar-refractivity contribution in [3.05, 3.63) is 23.2 Å². The molecule has 0 spiro atoms. The average molecular weight is 331 g/mol. The van der Waals surface area contributed by atoms with Crippen LogP contribution in [0.5, 0.6) is 5.75 Å². The highest BCUT2D eigenvalue weighted by Crippen LogP contribution is 2.38. The summed E-state index contributed by atoms with van der Waals surface area (Å²) in [4.78, 5) is 0.211. The number of ether oxygens (including phenoxy) is 1. The minimum Gasteiger partial charge on any atom is -0.495 e. The lowest BCUT2D eigenvalue weighted by molar-refractivity contribution is 0.228. The Labute approximate surface area is 130 Å². The fraction of sp³-hybridized carbons (Fsp3) is 0.571. The number of sulfonamides is 1. The molecule has 1 aliphatic heterocycles. The summed E-state index contributed by atoms with van der Waals surface area (Å²) in [5, 5.41) is 0.301. The van der Waals surface area contributed by atoms with E-state index in [1.165, 1.54) is 19.2 Å². The lowest BCUT2D eigenvalue weighted by Gasteiger charge is -2.35. The second kappa shape index (κ2) is 5.43. The number of fused-ring (bicyclic) bond motifs is 2. The first-order valence-electron chi connectivity index (χ1n) is 7.02. The highest BCUT2D eigenvalue weighted by atomic mass is 35.5. The molecule has 5 nitrogen and oxygen atoms in total. The molecule has 1 unspecified atom stereocenters. The van der Waals surface area contributed by atoms with E-state index in [9.17, 15) is 8.42 Å². The maximum atomic E-state index is 12.8. The molecule has 2 N–H and O–H groups in total. The molecule has 1 heterocycles. The average Bonchev–Trinajstić information content (AvgIpc) is 2.67. The molecule has 0 amide bonds.